The first-order valence-corrected chi connectivity index (χ1v) is 25.7. The van der Waals surface area contributed by atoms with Gasteiger partial charge in [-0.25, -0.2) is 0 Å². The lowest BCUT2D eigenvalue weighted by Crippen LogP contribution is -2.50. The molecule has 8 rings (SSSR count). The SMILES string of the molecule is CO[C@H]1/C=C/O[C@@]2(C)Oc3c(C)c(O)c4c(c3C2=O)C2=NC3(CCN(CC(C)C)CC3)NC2=C(NC(=O)/C(C)=C\C=C\[C@H](C)[C@H](O)[C@@H](C)[C@@H](O)[C@@H](C)[C@H](OC(=O)CC(=O)NCCN2CCCCC2)[C@@H]1C)C4=O. The standard InChI is InChI=1S/C54H76N6O12/c1-29(2)28-60-23-18-54(19-24-60)57-42-39-40-47(65)35(8)50-41(39)51(67)53(9,72-50)70-26-17-36(69-10)32(5)49(71-38(62)27-37(61)55-20-25-59-21-12-11-13-22-59)34(7)46(64)33(6)45(63)30(3)15-14-16-31(4)52(68)56-44(48(40)66)43(42)58-54/h14-17,26,29-30,32-34,36,45-46,49,58,63-65H,11-13,18-25,27-28H2,1-10H3,(H,55,61)(H,56,68)/b15-14+,26-17+,31-16-/t30-,32+,33+,34+,36-,45-,46+,49+,53-/m0/s1. The fourth-order valence-corrected chi connectivity index (χ4v) is 11.0. The Morgan fingerprint density at radius 2 is 1.61 bits per heavy atom. The van der Waals surface area contributed by atoms with Crippen LogP contribution in [-0.2, 0) is 28.6 Å². The number of aliphatic imine (C=N–C) groups is 1. The van der Waals surface area contributed by atoms with Gasteiger partial charge in [0, 0.05) is 100.0 Å². The van der Waals surface area contributed by atoms with Crippen LogP contribution < -0.4 is 20.7 Å². The highest BCUT2D eigenvalue weighted by Crippen LogP contribution is 2.50. The van der Waals surface area contributed by atoms with Crippen molar-refractivity contribution in [2.45, 2.75) is 137 Å². The van der Waals surface area contributed by atoms with Gasteiger partial charge in [-0.1, -0.05) is 66.2 Å². The Morgan fingerprint density at radius 3 is 2.28 bits per heavy atom. The van der Waals surface area contributed by atoms with Crippen LogP contribution in [0.1, 0.15) is 126 Å². The first-order chi connectivity index (χ1) is 34.1. The lowest BCUT2D eigenvalue weighted by Gasteiger charge is -2.38. The number of methoxy groups -OCH3 is 1. The number of ether oxygens (including phenoxy) is 4. The first kappa shape index (κ1) is 54.4. The first-order valence-electron chi connectivity index (χ1n) is 25.7. The van der Waals surface area contributed by atoms with Crippen molar-refractivity contribution < 1.29 is 58.2 Å². The summed E-state index contributed by atoms with van der Waals surface area (Å²) < 4.78 is 24.5. The van der Waals surface area contributed by atoms with Gasteiger partial charge in [0.15, 0.2) is 0 Å². The minimum absolute atomic E-state index is 0.00536. The fraction of sp³-hybridized carbons (Fsp3) is 0.630. The summed E-state index contributed by atoms with van der Waals surface area (Å²) >= 11 is 0. The van der Waals surface area contributed by atoms with E-state index in [0.717, 1.165) is 32.5 Å². The number of piperidine rings is 2. The number of likely N-dealkylation sites (tertiary alicyclic amines) is 2. The quantitative estimate of drug-likeness (QED) is 0.147. The zero-order valence-electron chi connectivity index (χ0n) is 43.6. The molecule has 18 heteroatoms. The molecule has 1 spiro atoms. The second kappa shape index (κ2) is 22.4. The van der Waals surface area contributed by atoms with E-state index in [1.54, 1.807) is 52.8 Å². The molecule has 1 aromatic rings. The smallest absolute Gasteiger partial charge is 0.315 e. The number of aliphatic hydroxyl groups is 2. The molecule has 2 fully saturated rings. The van der Waals surface area contributed by atoms with Crippen molar-refractivity contribution in [1.29, 1.82) is 0 Å². The average molecular weight is 1000 g/mol. The van der Waals surface area contributed by atoms with Crippen LogP contribution >= 0.6 is 0 Å². The molecule has 5 bridgehead atoms. The lowest BCUT2D eigenvalue weighted by molar-refractivity contribution is -0.164. The molecular formula is C54H76N6O12. The van der Waals surface area contributed by atoms with Gasteiger partial charge in [-0.05, 0) is 51.8 Å². The van der Waals surface area contributed by atoms with E-state index >= 15 is 0 Å². The summed E-state index contributed by atoms with van der Waals surface area (Å²) in [5.74, 6) is -8.16. The Morgan fingerprint density at radius 1 is 0.917 bits per heavy atom. The number of benzene rings is 1. The number of hydrogen-bond acceptors (Lipinski definition) is 16. The zero-order chi connectivity index (χ0) is 52.4. The molecule has 0 radical (unpaired) electrons. The number of nitrogens with zero attached hydrogens (tertiary/aromatic N) is 3. The second-order valence-corrected chi connectivity index (χ2v) is 21.3. The lowest BCUT2D eigenvalue weighted by atomic mass is 9.78. The number of aliphatic hydroxyl groups excluding tert-OH is 2. The number of ketones is 2. The van der Waals surface area contributed by atoms with Crippen LogP contribution in [0.25, 0.3) is 0 Å². The van der Waals surface area contributed by atoms with Gasteiger partial charge in [0.1, 0.15) is 35.4 Å². The monoisotopic (exact) mass is 1000 g/mol. The molecule has 0 aromatic heterocycles. The van der Waals surface area contributed by atoms with Crippen molar-refractivity contribution in [1.82, 2.24) is 25.8 Å². The van der Waals surface area contributed by atoms with Crippen LogP contribution in [0.4, 0.5) is 0 Å². The van der Waals surface area contributed by atoms with Gasteiger partial charge in [-0.15, -0.1) is 0 Å². The van der Waals surface area contributed by atoms with E-state index in [0.29, 0.717) is 44.9 Å². The molecule has 0 unspecified atom stereocenters. The normalized spacial score (nSPS) is 31.9. The maximum atomic E-state index is 14.9. The molecule has 0 saturated carbocycles. The molecule has 1 aliphatic carbocycles. The summed E-state index contributed by atoms with van der Waals surface area (Å²) in [6, 6.07) is 0. The summed E-state index contributed by atoms with van der Waals surface area (Å²) in [5.41, 5.74) is -0.381. The number of fused-ring (bicyclic) bond motifs is 13. The summed E-state index contributed by atoms with van der Waals surface area (Å²) in [6.45, 7) is 21.0. The third kappa shape index (κ3) is 11.2. The Hall–Kier alpha value is -5.40. The van der Waals surface area contributed by atoms with Crippen LogP contribution in [0, 0.1) is 36.5 Å². The number of Topliss-reactive ketones (excluding diaryl/α,β-unsaturated/α-hetero) is 2. The third-order valence-corrected chi connectivity index (χ3v) is 15.4. The summed E-state index contributed by atoms with van der Waals surface area (Å²) in [7, 11) is 1.44. The fourth-order valence-electron chi connectivity index (χ4n) is 11.0. The Labute approximate surface area is 423 Å². The largest absolute Gasteiger partial charge is 0.507 e. The number of rotatable bonds is 9. The molecule has 2 saturated heterocycles. The van der Waals surface area contributed by atoms with Gasteiger partial charge in [0.25, 0.3) is 11.7 Å². The zero-order valence-corrected chi connectivity index (χ0v) is 43.6. The average Bonchev–Trinajstić information content (AvgIpc) is 3.85. The van der Waals surface area contributed by atoms with Crippen molar-refractivity contribution in [3.8, 4) is 11.5 Å². The van der Waals surface area contributed by atoms with Crippen molar-refractivity contribution in [3.05, 3.63) is 69.8 Å². The van der Waals surface area contributed by atoms with Crippen molar-refractivity contribution in [2.24, 2.45) is 34.6 Å². The number of hydrogen-bond donors (Lipinski definition) is 6. The van der Waals surface area contributed by atoms with Crippen LogP contribution in [0.3, 0.4) is 0 Å². The van der Waals surface area contributed by atoms with Gasteiger partial charge in [0.2, 0.25) is 11.7 Å². The highest BCUT2D eigenvalue weighted by molar-refractivity contribution is 6.34. The van der Waals surface area contributed by atoms with Crippen molar-refractivity contribution in [3.63, 3.8) is 0 Å². The molecule has 394 valence electrons. The number of carbonyl (C=O) groups is 5. The summed E-state index contributed by atoms with van der Waals surface area (Å²) in [5, 5.41) is 44.6. The number of esters is 1. The van der Waals surface area contributed by atoms with Crippen LogP contribution in [0.15, 0.2) is 52.5 Å². The third-order valence-electron chi connectivity index (χ3n) is 15.4. The minimum Gasteiger partial charge on any atom is -0.507 e. The number of amides is 2. The Balaban J connectivity index is 1.24. The second-order valence-electron chi connectivity index (χ2n) is 21.3. The number of carbonyl (C=O) groups excluding carboxylic acids is 5. The molecule has 2 amide bonds. The summed E-state index contributed by atoms with van der Waals surface area (Å²) in [4.78, 5) is 80.2. The van der Waals surface area contributed by atoms with E-state index in [-0.39, 0.29) is 50.7 Å². The van der Waals surface area contributed by atoms with E-state index in [1.807, 2.05) is 0 Å². The van der Waals surface area contributed by atoms with E-state index in [2.05, 4.69) is 39.6 Å². The molecule has 18 nitrogen and oxygen atoms in total. The molecule has 7 aliphatic rings. The van der Waals surface area contributed by atoms with E-state index in [4.69, 9.17) is 23.9 Å². The Bertz CT molecular complexity index is 2430. The summed E-state index contributed by atoms with van der Waals surface area (Å²) in [6.07, 6.45) is 7.28. The molecule has 1 aromatic carbocycles. The van der Waals surface area contributed by atoms with Crippen LogP contribution in [-0.4, -0.2) is 149 Å². The molecule has 6 N–H and O–H groups in total. The molecular weight excluding hydrogens is 925 g/mol. The van der Waals surface area contributed by atoms with Gasteiger partial charge < -0.3 is 60.0 Å². The number of aromatic hydroxyl groups is 1. The number of phenols is 1. The Kier molecular flexibility index (Phi) is 16.9. The predicted octanol–water partition coefficient (Wildman–Crippen LogP) is 4.59. The van der Waals surface area contributed by atoms with Crippen molar-refractivity contribution in [2.75, 3.05) is 52.9 Å². The molecule has 9 atom stereocenters. The van der Waals surface area contributed by atoms with E-state index < -0.39 is 101 Å². The molecule has 72 heavy (non-hydrogen) atoms. The highest BCUT2D eigenvalue weighted by atomic mass is 16.7. The topological polar surface area (TPSA) is 238 Å². The van der Waals surface area contributed by atoms with E-state index in [9.17, 15) is 39.3 Å². The minimum atomic E-state index is -2.03. The molecule has 6 aliphatic heterocycles. The highest BCUT2D eigenvalue weighted by Gasteiger charge is 2.54. The maximum absolute atomic E-state index is 14.9. The van der Waals surface area contributed by atoms with Crippen LogP contribution in [0.5, 0.6) is 11.5 Å². The maximum Gasteiger partial charge on any atom is 0.315 e. The number of nitrogens with one attached hydrogen (secondary N) is 3. The van der Waals surface area contributed by atoms with Gasteiger partial charge in [0.05, 0.1) is 47.1 Å². The van der Waals surface area contributed by atoms with Gasteiger partial charge in [-0.3, -0.25) is 29.0 Å². The van der Waals surface area contributed by atoms with Crippen LogP contribution in [0.2, 0.25) is 0 Å². The predicted molar refractivity (Wildman–Crippen MR) is 269 cm³/mol. The molecule has 6 heterocycles. The van der Waals surface area contributed by atoms with Crippen molar-refractivity contribution >= 4 is 35.1 Å². The van der Waals surface area contributed by atoms with E-state index in [1.165, 1.54) is 39.7 Å². The number of allylic oxidation sites excluding steroid dienone is 4. The number of phenolic OH excluding ortho intramolecular Hbond substituents is 1. The van der Waals surface area contributed by atoms with Gasteiger partial charge in [-0.2, -0.15) is 0 Å². The van der Waals surface area contributed by atoms with Gasteiger partial charge >= 0.3 is 11.8 Å².